The molecule has 0 bridgehead atoms. The van der Waals surface area contributed by atoms with E-state index in [1.165, 1.54) is 0 Å². The predicted octanol–water partition coefficient (Wildman–Crippen LogP) is 3.50. The topological polar surface area (TPSA) is 70.8 Å². The van der Waals surface area contributed by atoms with Crippen LogP contribution in [-0.2, 0) is 4.74 Å². The molecule has 2 heterocycles. The van der Waals surface area contributed by atoms with E-state index in [0.29, 0.717) is 17.9 Å². The zero-order valence-electron chi connectivity index (χ0n) is 10.7. The van der Waals surface area contributed by atoms with Crippen molar-refractivity contribution >= 4 is 33.1 Å². The Morgan fingerprint density at radius 1 is 1.30 bits per heavy atom. The van der Waals surface area contributed by atoms with E-state index in [1.54, 1.807) is 13.0 Å². The number of hydrogen-bond donors (Lipinski definition) is 2. The molecular formula is C14H12BrN3O2. The van der Waals surface area contributed by atoms with Gasteiger partial charge in [0.05, 0.1) is 12.1 Å². The fourth-order valence-corrected chi connectivity index (χ4v) is 2.22. The summed E-state index contributed by atoms with van der Waals surface area (Å²) in [6.45, 7) is 2.12. The fraction of sp³-hybridized carbons (Fsp3) is 0.143. The zero-order valence-corrected chi connectivity index (χ0v) is 12.3. The number of benzene rings is 1. The Morgan fingerprint density at radius 2 is 2.05 bits per heavy atom. The van der Waals surface area contributed by atoms with Crippen LogP contribution in [0.3, 0.4) is 0 Å². The number of ether oxygens (including phenoxy) is 1. The van der Waals surface area contributed by atoms with Crippen LogP contribution in [0.4, 0.5) is 0 Å². The third kappa shape index (κ3) is 2.34. The Kier molecular flexibility index (Phi) is 3.31. The van der Waals surface area contributed by atoms with Crippen molar-refractivity contribution in [3.8, 4) is 11.4 Å². The van der Waals surface area contributed by atoms with Gasteiger partial charge < -0.3 is 14.7 Å². The van der Waals surface area contributed by atoms with Gasteiger partial charge in [-0.05, 0) is 25.1 Å². The lowest BCUT2D eigenvalue weighted by atomic mass is 10.2. The largest absolute Gasteiger partial charge is 0.461 e. The van der Waals surface area contributed by atoms with Gasteiger partial charge in [0.15, 0.2) is 5.65 Å². The molecule has 0 aliphatic rings. The summed E-state index contributed by atoms with van der Waals surface area (Å²) in [5.41, 5.74) is 2.82. The summed E-state index contributed by atoms with van der Waals surface area (Å²) in [7, 11) is 0. The van der Waals surface area contributed by atoms with Crippen LogP contribution in [0, 0.1) is 0 Å². The molecule has 0 saturated carbocycles. The van der Waals surface area contributed by atoms with E-state index >= 15 is 0 Å². The maximum Gasteiger partial charge on any atom is 0.354 e. The van der Waals surface area contributed by atoms with E-state index in [9.17, 15) is 4.79 Å². The smallest absolute Gasteiger partial charge is 0.354 e. The highest BCUT2D eigenvalue weighted by atomic mass is 79.9. The molecule has 0 atom stereocenters. The highest BCUT2D eigenvalue weighted by Gasteiger charge is 2.13. The van der Waals surface area contributed by atoms with Crippen LogP contribution in [-0.4, -0.2) is 27.5 Å². The van der Waals surface area contributed by atoms with Crippen molar-refractivity contribution in [2.45, 2.75) is 6.92 Å². The van der Waals surface area contributed by atoms with Crippen molar-refractivity contribution in [3.05, 3.63) is 40.5 Å². The molecule has 20 heavy (non-hydrogen) atoms. The number of nitrogens with zero attached hydrogens (tertiary/aromatic N) is 1. The molecule has 0 aliphatic heterocycles. The van der Waals surface area contributed by atoms with E-state index in [0.717, 1.165) is 21.4 Å². The van der Waals surface area contributed by atoms with Crippen molar-refractivity contribution in [1.29, 1.82) is 0 Å². The van der Waals surface area contributed by atoms with Gasteiger partial charge in [-0.3, -0.25) is 0 Å². The summed E-state index contributed by atoms with van der Waals surface area (Å²) in [6, 6.07) is 9.55. The minimum atomic E-state index is -0.371. The Balaban J connectivity index is 1.94. The molecule has 3 rings (SSSR count). The second-order valence-electron chi connectivity index (χ2n) is 4.26. The quantitative estimate of drug-likeness (QED) is 0.720. The first kappa shape index (κ1) is 12.9. The number of carbonyl (C=O) groups is 1. The van der Waals surface area contributed by atoms with Crippen LogP contribution in [0.1, 0.15) is 17.4 Å². The van der Waals surface area contributed by atoms with Gasteiger partial charge in [0, 0.05) is 10.0 Å². The summed E-state index contributed by atoms with van der Waals surface area (Å²) < 4.78 is 5.95. The van der Waals surface area contributed by atoms with Crippen molar-refractivity contribution in [2.75, 3.05) is 6.61 Å². The molecule has 0 spiro atoms. The number of nitrogens with one attached hydrogen (secondary N) is 2. The minimum Gasteiger partial charge on any atom is -0.461 e. The number of rotatable bonds is 3. The Hall–Kier alpha value is -2.08. The van der Waals surface area contributed by atoms with Gasteiger partial charge in [-0.1, -0.05) is 28.1 Å². The van der Waals surface area contributed by atoms with E-state index in [4.69, 9.17) is 4.74 Å². The van der Waals surface area contributed by atoms with E-state index in [1.807, 2.05) is 24.3 Å². The number of halogens is 1. The monoisotopic (exact) mass is 333 g/mol. The van der Waals surface area contributed by atoms with Gasteiger partial charge >= 0.3 is 5.97 Å². The molecule has 0 aliphatic carbocycles. The van der Waals surface area contributed by atoms with Crippen molar-refractivity contribution < 1.29 is 9.53 Å². The predicted molar refractivity (Wildman–Crippen MR) is 79.5 cm³/mol. The number of H-pyrrole nitrogens is 2. The second kappa shape index (κ2) is 5.13. The van der Waals surface area contributed by atoms with Crippen molar-refractivity contribution in [2.24, 2.45) is 0 Å². The molecule has 0 amide bonds. The first-order chi connectivity index (χ1) is 9.67. The van der Waals surface area contributed by atoms with Crippen LogP contribution < -0.4 is 0 Å². The average Bonchev–Trinajstić information content (AvgIpc) is 2.98. The third-order valence-electron chi connectivity index (χ3n) is 2.89. The minimum absolute atomic E-state index is 0.351. The standard InChI is InChI=1S/C14H12BrN3O2/c1-2-20-14(19)11-7-10-13(17-11)18-12(16-10)8-3-5-9(15)6-4-8/h3-7,17H,2H2,1H3,(H,16,18). The van der Waals surface area contributed by atoms with Crippen LogP contribution in [0.15, 0.2) is 34.8 Å². The first-order valence-corrected chi connectivity index (χ1v) is 6.98. The molecular weight excluding hydrogens is 322 g/mol. The Bertz CT molecular complexity index is 727. The molecule has 2 aromatic heterocycles. The number of aromatic nitrogens is 3. The average molecular weight is 334 g/mol. The van der Waals surface area contributed by atoms with Gasteiger partial charge in [-0.2, -0.15) is 0 Å². The number of imidazole rings is 1. The van der Waals surface area contributed by atoms with Gasteiger partial charge in [0.1, 0.15) is 11.5 Å². The molecule has 0 fully saturated rings. The molecule has 1 aromatic carbocycles. The van der Waals surface area contributed by atoms with Gasteiger partial charge in [-0.25, -0.2) is 9.78 Å². The number of aromatic amines is 2. The molecule has 5 nitrogen and oxygen atoms in total. The molecule has 0 radical (unpaired) electrons. The maximum absolute atomic E-state index is 11.6. The van der Waals surface area contributed by atoms with Crippen molar-refractivity contribution in [3.63, 3.8) is 0 Å². The van der Waals surface area contributed by atoms with Crippen LogP contribution >= 0.6 is 15.9 Å². The molecule has 2 N–H and O–H groups in total. The molecule has 3 aromatic rings. The second-order valence-corrected chi connectivity index (χ2v) is 5.17. The normalized spacial score (nSPS) is 10.9. The van der Waals surface area contributed by atoms with Crippen LogP contribution in [0.2, 0.25) is 0 Å². The third-order valence-corrected chi connectivity index (χ3v) is 3.42. The molecule has 102 valence electrons. The number of esters is 1. The van der Waals surface area contributed by atoms with Crippen LogP contribution in [0.5, 0.6) is 0 Å². The molecule has 0 saturated heterocycles. The SMILES string of the molecule is CCOC(=O)c1cc2[nH]c(-c3ccc(Br)cc3)nc2[nH]1. The highest BCUT2D eigenvalue weighted by molar-refractivity contribution is 9.10. The number of carbonyl (C=O) groups excluding carboxylic acids is 1. The molecule has 0 unspecified atom stereocenters. The lowest BCUT2D eigenvalue weighted by molar-refractivity contribution is 0.0520. The maximum atomic E-state index is 11.6. The van der Waals surface area contributed by atoms with Crippen molar-refractivity contribution in [1.82, 2.24) is 15.0 Å². The first-order valence-electron chi connectivity index (χ1n) is 6.19. The zero-order chi connectivity index (χ0) is 14.1. The molecule has 6 heteroatoms. The van der Waals surface area contributed by atoms with E-state index < -0.39 is 0 Å². The van der Waals surface area contributed by atoms with E-state index in [-0.39, 0.29) is 5.97 Å². The summed E-state index contributed by atoms with van der Waals surface area (Å²) in [5.74, 6) is 0.387. The van der Waals surface area contributed by atoms with E-state index in [2.05, 4.69) is 30.9 Å². The summed E-state index contributed by atoms with van der Waals surface area (Å²) in [5, 5.41) is 0. The number of hydrogen-bond acceptors (Lipinski definition) is 3. The lowest BCUT2D eigenvalue weighted by Crippen LogP contribution is -2.04. The lowest BCUT2D eigenvalue weighted by Gasteiger charge is -1.98. The van der Waals surface area contributed by atoms with Crippen LogP contribution in [0.25, 0.3) is 22.6 Å². The number of fused-ring (bicyclic) bond motifs is 1. The Labute approximate surface area is 123 Å². The summed E-state index contributed by atoms with van der Waals surface area (Å²) in [4.78, 5) is 22.2. The highest BCUT2D eigenvalue weighted by Crippen LogP contribution is 2.22. The van der Waals surface area contributed by atoms with Gasteiger partial charge in [0.2, 0.25) is 0 Å². The fourth-order valence-electron chi connectivity index (χ4n) is 1.96. The van der Waals surface area contributed by atoms with Gasteiger partial charge in [0.25, 0.3) is 0 Å². The van der Waals surface area contributed by atoms with Gasteiger partial charge in [-0.15, -0.1) is 0 Å². The summed E-state index contributed by atoms with van der Waals surface area (Å²) in [6.07, 6.45) is 0. The summed E-state index contributed by atoms with van der Waals surface area (Å²) >= 11 is 3.40. The Morgan fingerprint density at radius 3 is 2.70 bits per heavy atom.